The lowest BCUT2D eigenvalue weighted by Crippen LogP contribution is -2.07. The normalized spacial score (nSPS) is 10.7. The van der Waals surface area contributed by atoms with E-state index in [2.05, 4.69) is 15.9 Å². The average Bonchev–Trinajstić information content (AvgIpc) is 2.72. The summed E-state index contributed by atoms with van der Waals surface area (Å²) in [6, 6.07) is 26.9. The molecule has 0 bridgehead atoms. The van der Waals surface area contributed by atoms with Gasteiger partial charge in [-0.25, -0.2) is 9.78 Å². The van der Waals surface area contributed by atoms with Crippen LogP contribution in [0.25, 0.3) is 22.2 Å². The molecule has 0 fully saturated rings. The number of para-hydroxylation sites is 1. The summed E-state index contributed by atoms with van der Waals surface area (Å²) in [5.41, 5.74) is 3.94. The van der Waals surface area contributed by atoms with Crippen LogP contribution in [0, 0.1) is 0 Å². The summed E-state index contributed by atoms with van der Waals surface area (Å²) in [6.07, 6.45) is 0. The molecule has 0 amide bonds. The fourth-order valence-electron chi connectivity index (χ4n) is 2.91. The molecule has 4 heteroatoms. The minimum Gasteiger partial charge on any atom is -0.457 e. The number of halogens is 1. The molecule has 3 nitrogen and oxygen atoms in total. The number of ether oxygens (including phenoxy) is 1. The largest absolute Gasteiger partial charge is 0.457 e. The van der Waals surface area contributed by atoms with Gasteiger partial charge in [0.1, 0.15) is 6.61 Å². The molecule has 132 valence electrons. The number of carbonyl (C=O) groups excluding carboxylic acids is 1. The Bertz CT molecular complexity index is 1090. The van der Waals surface area contributed by atoms with E-state index in [9.17, 15) is 4.79 Å². The van der Waals surface area contributed by atoms with Crippen LogP contribution in [0.15, 0.2) is 89.4 Å². The zero-order valence-electron chi connectivity index (χ0n) is 14.4. The van der Waals surface area contributed by atoms with Crippen molar-refractivity contribution in [1.29, 1.82) is 0 Å². The minimum atomic E-state index is -0.351. The number of nitrogens with zero attached hydrogens (tertiary/aromatic N) is 1. The molecule has 27 heavy (non-hydrogen) atoms. The first-order valence-electron chi connectivity index (χ1n) is 8.57. The fraction of sp³-hybridized carbons (Fsp3) is 0.0435. The number of aromatic nitrogens is 1. The molecule has 0 N–H and O–H groups in total. The first-order chi connectivity index (χ1) is 13.2. The molecular formula is C23H16BrNO2. The maximum atomic E-state index is 12.8. The van der Waals surface area contributed by atoms with Gasteiger partial charge in [-0.15, -0.1) is 0 Å². The van der Waals surface area contributed by atoms with Crippen molar-refractivity contribution in [3.8, 4) is 11.3 Å². The molecule has 1 aromatic heterocycles. The van der Waals surface area contributed by atoms with Crippen molar-refractivity contribution < 1.29 is 9.53 Å². The molecule has 0 aliphatic carbocycles. The Morgan fingerprint density at radius 3 is 2.37 bits per heavy atom. The highest BCUT2D eigenvalue weighted by Gasteiger charge is 2.15. The summed E-state index contributed by atoms with van der Waals surface area (Å²) < 4.78 is 6.55. The van der Waals surface area contributed by atoms with Crippen molar-refractivity contribution in [1.82, 2.24) is 4.98 Å². The second-order valence-corrected chi connectivity index (χ2v) is 7.06. The molecule has 0 saturated heterocycles. The number of carbonyl (C=O) groups is 1. The lowest BCUT2D eigenvalue weighted by atomic mass is 10.0. The van der Waals surface area contributed by atoms with E-state index in [0.29, 0.717) is 5.56 Å². The highest BCUT2D eigenvalue weighted by Crippen LogP contribution is 2.26. The Labute approximate surface area is 165 Å². The van der Waals surface area contributed by atoms with Gasteiger partial charge in [0.05, 0.1) is 16.8 Å². The predicted octanol–water partition coefficient (Wildman–Crippen LogP) is 6.02. The molecule has 1 heterocycles. The van der Waals surface area contributed by atoms with Gasteiger partial charge in [-0.3, -0.25) is 0 Å². The fourth-order valence-corrected chi connectivity index (χ4v) is 3.18. The van der Waals surface area contributed by atoms with E-state index in [0.717, 1.165) is 32.2 Å². The van der Waals surface area contributed by atoms with Crippen molar-refractivity contribution >= 4 is 32.8 Å². The van der Waals surface area contributed by atoms with E-state index in [-0.39, 0.29) is 12.6 Å². The van der Waals surface area contributed by atoms with Gasteiger partial charge in [0.2, 0.25) is 0 Å². The molecule has 4 aromatic rings. The molecule has 3 aromatic carbocycles. The van der Waals surface area contributed by atoms with Gasteiger partial charge >= 0.3 is 5.97 Å². The summed E-state index contributed by atoms with van der Waals surface area (Å²) in [6.45, 7) is 0.240. The van der Waals surface area contributed by atoms with Crippen molar-refractivity contribution in [3.63, 3.8) is 0 Å². The number of esters is 1. The van der Waals surface area contributed by atoms with Crippen LogP contribution in [0.2, 0.25) is 0 Å². The van der Waals surface area contributed by atoms with Gasteiger partial charge in [0.25, 0.3) is 0 Å². The van der Waals surface area contributed by atoms with Crippen LogP contribution in [0.1, 0.15) is 15.9 Å². The van der Waals surface area contributed by atoms with E-state index in [1.807, 2.05) is 78.9 Å². The van der Waals surface area contributed by atoms with Crippen LogP contribution >= 0.6 is 15.9 Å². The van der Waals surface area contributed by atoms with E-state index < -0.39 is 0 Å². The van der Waals surface area contributed by atoms with Gasteiger partial charge in [0, 0.05) is 15.4 Å². The summed E-state index contributed by atoms with van der Waals surface area (Å²) in [5.74, 6) is -0.351. The summed E-state index contributed by atoms with van der Waals surface area (Å²) >= 11 is 3.44. The van der Waals surface area contributed by atoms with E-state index in [4.69, 9.17) is 9.72 Å². The first-order valence-corrected chi connectivity index (χ1v) is 9.37. The lowest BCUT2D eigenvalue weighted by molar-refractivity contribution is 0.0475. The predicted molar refractivity (Wildman–Crippen MR) is 110 cm³/mol. The van der Waals surface area contributed by atoms with Gasteiger partial charge < -0.3 is 4.74 Å². The van der Waals surface area contributed by atoms with Crippen molar-refractivity contribution in [3.05, 3.63) is 101 Å². The topological polar surface area (TPSA) is 39.2 Å². The zero-order valence-corrected chi connectivity index (χ0v) is 16.0. The molecule has 0 spiro atoms. The Hall–Kier alpha value is -2.98. The minimum absolute atomic E-state index is 0.240. The number of benzene rings is 3. The van der Waals surface area contributed by atoms with Gasteiger partial charge in [-0.2, -0.15) is 0 Å². The SMILES string of the molecule is O=C(OCc1ccccc1)c1cc(-c2ccc(Br)cc2)nc2ccccc12. The van der Waals surface area contributed by atoms with E-state index in [1.165, 1.54) is 0 Å². The summed E-state index contributed by atoms with van der Waals surface area (Å²) in [7, 11) is 0. The third-order valence-corrected chi connectivity index (χ3v) is 4.82. The Morgan fingerprint density at radius 2 is 1.59 bits per heavy atom. The van der Waals surface area contributed by atoms with Gasteiger partial charge in [-0.05, 0) is 29.8 Å². The third-order valence-electron chi connectivity index (χ3n) is 4.29. The van der Waals surface area contributed by atoms with Crippen LogP contribution < -0.4 is 0 Å². The quantitative estimate of drug-likeness (QED) is 0.381. The zero-order chi connectivity index (χ0) is 18.6. The summed E-state index contributed by atoms with van der Waals surface area (Å²) in [4.78, 5) is 17.5. The number of rotatable bonds is 4. The molecule has 0 unspecified atom stereocenters. The molecule has 0 saturated carbocycles. The Morgan fingerprint density at radius 1 is 0.889 bits per heavy atom. The second kappa shape index (κ2) is 7.72. The number of hydrogen-bond acceptors (Lipinski definition) is 3. The maximum absolute atomic E-state index is 12.8. The standard InChI is InChI=1S/C23H16BrNO2/c24-18-12-10-17(11-13-18)22-14-20(19-8-4-5-9-21(19)25-22)23(26)27-15-16-6-2-1-3-7-16/h1-14H,15H2. The highest BCUT2D eigenvalue weighted by molar-refractivity contribution is 9.10. The van der Waals surface area contributed by atoms with Crippen LogP contribution in [0.3, 0.4) is 0 Å². The molecule has 0 aliphatic heterocycles. The van der Waals surface area contributed by atoms with Gasteiger partial charge in [-0.1, -0.05) is 76.6 Å². The van der Waals surface area contributed by atoms with Crippen LogP contribution in [0.4, 0.5) is 0 Å². The Kier molecular flexibility index (Phi) is 4.99. The van der Waals surface area contributed by atoms with Crippen LogP contribution in [-0.2, 0) is 11.3 Å². The maximum Gasteiger partial charge on any atom is 0.339 e. The van der Waals surface area contributed by atoms with Crippen LogP contribution in [-0.4, -0.2) is 11.0 Å². The van der Waals surface area contributed by atoms with Crippen molar-refractivity contribution in [2.45, 2.75) is 6.61 Å². The monoisotopic (exact) mass is 417 g/mol. The molecule has 0 radical (unpaired) electrons. The molecule has 0 atom stereocenters. The molecular weight excluding hydrogens is 402 g/mol. The smallest absolute Gasteiger partial charge is 0.339 e. The average molecular weight is 418 g/mol. The number of fused-ring (bicyclic) bond motifs is 1. The molecule has 0 aliphatic rings. The molecule has 4 rings (SSSR count). The van der Waals surface area contributed by atoms with E-state index in [1.54, 1.807) is 6.07 Å². The highest BCUT2D eigenvalue weighted by atomic mass is 79.9. The third kappa shape index (κ3) is 3.91. The number of hydrogen-bond donors (Lipinski definition) is 0. The second-order valence-electron chi connectivity index (χ2n) is 6.14. The van der Waals surface area contributed by atoms with Crippen molar-refractivity contribution in [2.24, 2.45) is 0 Å². The number of pyridine rings is 1. The van der Waals surface area contributed by atoms with Crippen molar-refractivity contribution in [2.75, 3.05) is 0 Å². The Balaban J connectivity index is 1.72. The lowest BCUT2D eigenvalue weighted by Gasteiger charge is -2.10. The first kappa shape index (κ1) is 17.4. The summed E-state index contributed by atoms with van der Waals surface area (Å²) in [5, 5.41) is 0.788. The van der Waals surface area contributed by atoms with Gasteiger partial charge in [0.15, 0.2) is 0 Å². The van der Waals surface area contributed by atoms with E-state index >= 15 is 0 Å². The van der Waals surface area contributed by atoms with Crippen LogP contribution in [0.5, 0.6) is 0 Å².